The van der Waals surface area contributed by atoms with Gasteiger partial charge in [-0.25, -0.2) is 4.98 Å². The average molecular weight is 397 g/mol. The third-order valence-electron chi connectivity index (χ3n) is 5.74. The molecule has 1 saturated carbocycles. The first-order chi connectivity index (χ1) is 14.1. The number of nitrogens with zero attached hydrogens (tertiary/aromatic N) is 4. The monoisotopic (exact) mass is 397 g/mol. The van der Waals surface area contributed by atoms with Gasteiger partial charge in [0.1, 0.15) is 17.2 Å². The van der Waals surface area contributed by atoms with E-state index in [9.17, 15) is 4.79 Å². The average Bonchev–Trinajstić information content (AvgIpc) is 3.24. The van der Waals surface area contributed by atoms with Gasteiger partial charge in [0.2, 0.25) is 11.9 Å². The smallest absolute Gasteiger partial charge is 0.229 e. The van der Waals surface area contributed by atoms with Crippen molar-refractivity contribution < 1.29 is 14.3 Å². The molecule has 0 atom stereocenters. The second-order valence-corrected chi connectivity index (χ2v) is 7.43. The van der Waals surface area contributed by atoms with Gasteiger partial charge in [0, 0.05) is 32.1 Å². The minimum absolute atomic E-state index is 0.0906. The Morgan fingerprint density at radius 1 is 1.17 bits per heavy atom. The Labute approximate surface area is 170 Å². The highest BCUT2D eigenvalue weighted by atomic mass is 16.5. The molecule has 0 radical (unpaired) electrons. The molecule has 0 saturated heterocycles. The standard InChI is InChI=1S/C21H27N5O3/c1-25-17-13-22-21(23-16-9-8-15(28-2)12-18(16)29-3)24-20(17)26(11-10-19(25)27)14-6-4-5-7-14/h8-9,12-14H,4-7,10-11H2,1-3H3,(H,22,23,24). The normalized spacial score (nSPS) is 17.1. The number of hydrogen-bond acceptors (Lipinski definition) is 7. The lowest BCUT2D eigenvalue weighted by Crippen LogP contribution is -2.34. The molecule has 2 aromatic rings. The van der Waals surface area contributed by atoms with Crippen LogP contribution in [0.4, 0.5) is 23.1 Å². The zero-order chi connectivity index (χ0) is 20.4. The summed E-state index contributed by atoms with van der Waals surface area (Å²) in [6.45, 7) is 0.684. The maximum atomic E-state index is 12.5. The molecule has 2 aliphatic rings. The molecule has 1 aliphatic heterocycles. The zero-order valence-electron chi connectivity index (χ0n) is 17.1. The van der Waals surface area contributed by atoms with Crippen molar-refractivity contribution in [1.82, 2.24) is 9.97 Å². The quantitative estimate of drug-likeness (QED) is 0.829. The van der Waals surface area contributed by atoms with Crippen molar-refractivity contribution in [3.63, 3.8) is 0 Å². The number of ether oxygens (including phenoxy) is 2. The van der Waals surface area contributed by atoms with Crippen LogP contribution >= 0.6 is 0 Å². The topological polar surface area (TPSA) is 79.8 Å². The van der Waals surface area contributed by atoms with E-state index in [1.807, 2.05) is 18.2 Å². The van der Waals surface area contributed by atoms with Crippen LogP contribution in [0.2, 0.25) is 0 Å². The number of amides is 1. The van der Waals surface area contributed by atoms with Gasteiger partial charge in [0.25, 0.3) is 0 Å². The first-order valence-electron chi connectivity index (χ1n) is 10.00. The molecule has 8 heteroatoms. The van der Waals surface area contributed by atoms with E-state index in [0.29, 0.717) is 36.5 Å². The Balaban J connectivity index is 1.69. The van der Waals surface area contributed by atoms with Crippen LogP contribution < -0.4 is 24.6 Å². The summed E-state index contributed by atoms with van der Waals surface area (Å²) in [6, 6.07) is 5.96. The Morgan fingerprint density at radius 3 is 2.69 bits per heavy atom. The number of rotatable bonds is 5. The summed E-state index contributed by atoms with van der Waals surface area (Å²) >= 11 is 0. The van der Waals surface area contributed by atoms with Crippen molar-refractivity contribution in [3.8, 4) is 11.5 Å². The van der Waals surface area contributed by atoms with Crippen molar-refractivity contribution in [2.24, 2.45) is 0 Å². The molecule has 29 heavy (non-hydrogen) atoms. The zero-order valence-corrected chi connectivity index (χ0v) is 17.1. The van der Waals surface area contributed by atoms with Crippen LogP contribution in [-0.4, -0.2) is 49.7 Å². The largest absolute Gasteiger partial charge is 0.497 e. The maximum Gasteiger partial charge on any atom is 0.229 e. The van der Waals surface area contributed by atoms with Gasteiger partial charge in [-0.3, -0.25) is 4.79 Å². The summed E-state index contributed by atoms with van der Waals surface area (Å²) in [5.74, 6) is 2.73. The Kier molecular flexibility index (Phi) is 5.42. The van der Waals surface area contributed by atoms with Crippen molar-refractivity contribution in [2.45, 2.75) is 38.1 Å². The fraction of sp³-hybridized carbons (Fsp3) is 0.476. The number of methoxy groups -OCH3 is 2. The van der Waals surface area contributed by atoms with Crippen molar-refractivity contribution in [3.05, 3.63) is 24.4 Å². The Morgan fingerprint density at radius 2 is 1.97 bits per heavy atom. The highest BCUT2D eigenvalue weighted by Crippen LogP contribution is 2.37. The van der Waals surface area contributed by atoms with E-state index in [1.165, 1.54) is 12.8 Å². The van der Waals surface area contributed by atoms with Crippen LogP contribution in [0.5, 0.6) is 11.5 Å². The van der Waals surface area contributed by atoms with Gasteiger partial charge in [0.15, 0.2) is 5.82 Å². The SMILES string of the molecule is COc1ccc(Nc2ncc3c(n2)N(C2CCCC2)CCC(=O)N3C)c(OC)c1. The van der Waals surface area contributed by atoms with Gasteiger partial charge in [-0.05, 0) is 25.0 Å². The second kappa shape index (κ2) is 8.14. The molecule has 1 amide bonds. The maximum absolute atomic E-state index is 12.5. The van der Waals surface area contributed by atoms with E-state index in [-0.39, 0.29) is 5.91 Å². The number of anilines is 4. The molecule has 1 N–H and O–H groups in total. The number of carbonyl (C=O) groups is 1. The predicted octanol–water partition coefficient (Wildman–Crippen LogP) is 3.35. The fourth-order valence-electron chi connectivity index (χ4n) is 4.09. The van der Waals surface area contributed by atoms with Crippen molar-refractivity contribution in [2.75, 3.05) is 42.9 Å². The molecule has 0 spiro atoms. The highest BCUT2D eigenvalue weighted by Gasteiger charge is 2.31. The number of benzene rings is 1. The summed E-state index contributed by atoms with van der Waals surface area (Å²) < 4.78 is 10.7. The van der Waals surface area contributed by atoms with Crippen LogP contribution in [0, 0.1) is 0 Å². The molecule has 0 bridgehead atoms. The van der Waals surface area contributed by atoms with Gasteiger partial charge in [-0.2, -0.15) is 4.98 Å². The number of aromatic nitrogens is 2. The minimum Gasteiger partial charge on any atom is -0.497 e. The number of hydrogen-bond donors (Lipinski definition) is 1. The van der Waals surface area contributed by atoms with Gasteiger partial charge < -0.3 is 24.6 Å². The molecular weight excluding hydrogens is 370 g/mol. The van der Waals surface area contributed by atoms with Crippen LogP contribution in [0.15, 0.2) is 24.4 Å². The van der Waals surface area contributed by atoms with Crippen LogP contribution in [0.25, 0.3) is 0 Å². The molecule has 1 aliphatic carbocycles. The number of carbonyl (C=O) groups excluding carboxylic acids is 1. The third-order valence-corrected chi connectivity index (χ3v) is 5.74. The van der Waals surface area contributed by atoms with E-state index < -0.39 is 0 Å². The highest BCUT2D eigenvalue weighted by molar-refractivity contribution is 5.97. The van der Waals surface area contributed by atoms with E-state index in [2.05, 4.69) is 15.2 Å². The lowest BCUT2D eigenvalue weighted by Gasteiger charge is -2.30. The van der Waals surface area contributed by atoms with Gasteiger partial charge in [-0.1, -0.05) is 12.8 Å². The summed E-state index contributed by atoms with van der Waals surface area (Å²) in [4.78, 5) is 25.7. The summed E-state index contributed by atoms with van der Waals surface area (Å²) in [6.07, 6.45) is 6.93. The first-order valence-corrected chi connectivity index (χ1v) is 10.00. The van der Waals surface area contributed by atoms with E-state index in [0.717, 1.165) is 30.0 Å². The number of fused-ring (bicyclic) bond motifs is 1. The molecular formula is C21H27N5O3. The summed E-state index contributed by atoms with van der Waals surface area (Å²) in [5, 5.41) is 3.25. The molecule has 1 fully saturated rings. The van der Waals surface area contributed by atoms with Gasteiger partial charge in [-0.15, -0.1) is 0 Å². The molecule has 2 heterocycles. The molecule has 1 aromatic heterocycles. The van der Waals surface area contributed by atoms with Crippen molar-refractivity contribution >= 4 is 29.0 Å². The second-order valence-electron chi connectivity index (χ2n) is 7.43. The Hall–Kier alpha value is -3.03. The molecule has 154 valence electrons. The van der Waals surface area contributed by atoms with Crippen LogP contribution in [-0.2, 0) is 4.79 Å². The van der Waals surface area contributed by atoms with Crippen LogP contribution in [0.1, 0.15) is 32.1 Å². The third kappa shape index (κ3) is 3.79. The van der Waals surface area contributed by atoms with Crippen molar-refractivity contribution in [1.29, 1.82) is 0 Å². The molecule has 0 unspecified atom stereocenters. The molecule has 4 rings (SSSR count). The molecule has 1 aromatic carbocycles. The molecule has 8 nitrogen and oxygen atoms in total. The Bertz CT molecular complexity index is 898. The first kappa shape index (κ1) is 19.3. The predicted molar refractivity (Wildman–Crippen MR) is 112 cm³/mol. The minimum atomic E-state index is 0.0906. The number of nitrogens with one attached hydrogen (secondary N) is 1. The van der Waals surface area contributed by atoms with Crippen LogP contribution in [0.3, 0.4) is 0 Å². The van der Waals surface area contributed by atoms with E-state index in [1.54, 1.807) is 32.4 Å². The summed E-state index contributed by atoms with van der Waals surface area (Å²) in [5.41, 5.74) is 1.50. The summed E-state index contributed by atoms with van der Waals surface area (Å²) in [7, 11) is 5.02. The lowest BCUT2D eigenvalue weighted by molar-refractivity contribution is -0.118. The van der Waals surface area contributed by atoms with E-state index >= 15 is 0 Å². The van der Waals surface area contributed by atoms with Gasteiger partial charge in [0.05, 0.1) is 26.1 Å². The van der Waals surface area contributed by atoms with Gasteiger partial charge >= 0.3 is 0 Å². The fourth-order valence-corrected chi connectivity index (χ4v) is 4.09. The van der Waals surface area contributed by atoms with E-state index in [4.69, 9.17) is 14.5 Å². The lowest BCUT2D eigenvalue weighted by atomic mass is 10.2.